The molecule has 144 valence electrons. The van der Waals surface area contributed by atoms with E-state index in [1.54, 1.807) is 0 Å². The van der Waals surface area contributed by atoms with Gasteiger partial charge in [-0.05, 0) is 42.2 Å². The fraction of sp³-hybridized carbons (Fsp3) is 0.238. The normalized spacial score (nSPS) is 13.5. The molecular formula is C21H22ClN5S. The maximum atomic E-state index is 6.10. The zero-order chi connectivity index (χ0) is 19.5. The highest BCUT2D eigenvalue weighted by atomic mass is 35.5. The Hall–Kier alpha value is -2.41. The summed E-state index contributed by atoms with van der Waals surface area (Å²) in [6.45, 7) is 5.00. The van der Waals surface area contributed by atoms with E-state index in [-0.39, 0.29) is 0 Å². The molecule has 0 saturated carbocycles. The Balaban J connectivity index is 1.56. The van der Waals surface area contributed by atoms with Crippen LogP contribution in [0.4, 0.5) is 0 Å². The van der Waals surface area contributed by atoms with Crippen molar-refractivity contribution in [3.63, 3.8) is 0 Å². The molecule has 0 bridgehead atoms. The predicted octanol–water partition coefficient (Wildman–Crippen LogP) is 4.62. The van der Waals surface area contributed by atoms with Gasteiger partial charge in [-0.1, -0.05) is 42.8 Å². The van der Waals surface area contributed by atoms with Crippen molar-refractivity contribution in [1.29, 1.82) is 0 Å². The zero-order valence-electron chi connectivity index (χ0n) is 15.9. The van der Waals surface area contributed by atoms with Crippen molar-refractivity contribution in [3.8, 4) is 10.7 Å². The second-order valence-corrected chi connectivity index (χ2v) is 8.40. The molecule has 28 heavy (non-hydrogen) atoms. The lowest BCUT2D eigenvalue weighted by Gasteiger charge is -2.16. The van der Waals surface area contributed by atoms with E-state index in [1.165, 1.54) is 28.0 Å². The minimum absolute atomic E-state index is 0.755. The van der Waals surface area contributed by atoms with E-state index in [0.29, 0.717) is 0 Å². The summed E-state index contributed by atoms with van der Waals surface area (Å²) in [5.41, 5.74) is 12.1. The summed E-state index contributed by atoms with van der Waals surface area (Å²) in [5.74, 6) is 0.761. The molecule has 2 N–H and O–H groups in total. The first-order chi connectivity index (χ1) is 13.6. The van der Waals surface area contributed by atoms with Crippen LogP contribution in [0.2, 0.25) is 4.34 Å². The Labute approximate surface area is 174 Å². The summed E-state index contributed by atoms with van der Waals surface area (Å²) < 4.78 is 0.755. The minimum atomic E-state index is 0.755. The van der Waals surface area contributed by atoms with Crippen LogP contribution in [-0.4, -0.2) is 15.1 Å². The minimum Gasteiger partial charge on any atom is -0.307 e. The number of thiophene rings is 1. The molecule has 0 fully saturated rings. The molecule has 1 aliphatic rings. The standard InChI is InChI=1S/C21H22ClN5S/c1-3-17-14(2)25-21(19-8-9-20(22)28-19)26-18(17)12-15-4-6-16(7-5-15)13-27-23-10-11-24-27/h4-11,23-24H,3,12-13H2,1-2H3. The molecule has 0 saturated heterocycles. The van der Waals surface area contributed by atoms with Crippen molar-refractivity contribution in [2.45, 2.75) is 33.2 Å². The van der Waals surface area contributed by atoms with Gasteiger partial charge >= 0.3 is 0 Å². The second kappa shape index (κ2) is 8.31. The molecule has 4 rings (SSSR count). The van der Waals surface area contributed by atoms with Gasteiger partial charge in [0, 0.05) is 24.5 Å². The van der Waals surface area contributed by atoms with Gasteiger partial charge < -0.3 is 10.9 Å². The fourth-order valence-corrected chi connectivity index (χ4v) is 4.30. The molecule has 3 aromatic rings. The van der Waals surface area contributed by atoms with Gasteiger partial charge in [0.25, 0.3) is 0 Å². The average molecular weight is 412 g/mol. The molecular weight excluding hydrogens is 390 g/mol. The SMILES string of the molecule is CCc1c(C)nc(-c2ccc(Cl)s2)nc1Cc1ccc(CN2NC=CN2)cc1. The highest BCUT2D eigenvalue weighted by Crippen LogP contribution is 2.30. The van der Waals surface area contributed by atoms with E-state index in [1.807, 2.05) is 29.7 Å². The van der Waals surface area contributed by atoms with Gasteiger partial charge in [-0.15, -0.1) is 16.5 Å². The van der Waals surface area contributed by atoms with Crippen LogP contribution in [-0.2, 0) is 19.4 Å². The molecule has 1 aromatic carbocycles. The van der Waals surface area contributed by atoms with Crippen molar-refractivity contribution in [2.24, 2.45) is 0 Å². The molecule has 1 aliphatic heterocycles. The largest absolute Gasteiger partial charge is 0.307 e. The van der Waals surface area contributed by atoms with Crippen LogP contribution < -0.4 is 10.9 Å². The highest BCUT2D eigenvalue weighted by Gasteiger charge is 2.14. The van der Waals surface area contributed by atoms with Crippen molar-refractivity contribution < 1.29 is 0 Å². The molecule has 5 nitrogen and oxygen atoms in total. The summed E-state index contributed by atoms with van der Waals surface area (Å²) in [7, 11) is 0. The molecule has 0 aliphatic carbocycles. The monoisotopic (exact) mass is 411 g/mol. The number of hydrazine groups is 2. The quantitative estimate of drug-likeness (QED) is 0.620. The summed E-state index contributed by atoms with van der Waals surface area (Å²) in [6.07, 6.45) is 5.46. The topological polar surface area (TPSA) is 53.1 Å². The highest BCUT2D eigenvalue weighted by molar-refractivity contribution is 7.19. The summed E-state index contributed by atoms with van der Waals surface area (Å²) in [5, 5.41) is 1.93. The number of hydrogen-bond acceptors (Lipinski definition) is 6. The van der Waals surface area contributed by atoms with Gasteiger partial charge in [-0.2, -0.15) is 0 Å². The van der Waals surface area contributed by atoms with E-state index in [0.717, 1.165) is 45.8 Å². The van der Waals surface area contributed by atoms with Crippen LogP contribution in [0.1, 0.15) is 35.0 Å². The smallest absolute Gasteiger partial charge is 0.169 e. The van der Waals surface area contributed by atoms with Gasteiger partial charge in [0.1, 0.15) is 0 Å². The van der Waals surface area contributed by atoms with E-state index in [2.05, 4.69) is 49.0 Å². The van der Waals surface area contributed by atoms with Crippen LogP contribution in [0.3, 0.4) is 0 Å². The first kappa shape index (κ1) is 18.9. The molecule has 0 spiro atoms. The molecule has 0 radical (unpaired) electrons. The Kier molecular flexibility index (Phi) is 5.62. The van der Waals surface area contributed by atoms with Crippen LogP contribution in [0.5, 0.6) is 0 Å². The Morgan fingerprint density at radius 1 is 1.00 bits per heavy atom. The number of benzene rings is 1. The molecule has 3 heterocycles. The lowest BCUT2D eigenvalue weighted by molar-refractivity contribution is 0.182. The van der Waals surface area contributed by atoms with Gasteiger partial charge in [0.15, 0.2) is 5.82 Å². The van der Waals surface area contributed by atoms with Gasteiger partial charge in [-0.3, -0.25) is 0 Å². The number of hydrogen-bond donors (Lipinski definition) is 2. The third-order valence-corrected chi connectivity index (χ3v) is 5.95. The number of aryl methyl sites for hydroxylation is 1. The predicted molar refractivity (Wildman–Crippen MR) is 115 cm³/mol. The van der Waals surface area contributed by atoms with E-state index >= 15 is 0 Å². The Bertz CT molecular complexity index is 989. The van der Waals surface area contributed by atoms with Crippen LogP contribution in [0.15, 0.2) is 48.8 Å². The molecule has 2 aromatic heterocycles. The Morgan fingerprint density at radius 2 is 1.71 bits per heavy atom. The van der Waals surface area contributed by atoms with Crippen molar-refractivity contribution in [2.75, 3.05) is 0 Å². The molecule has 0 unspecified atom stereocenters. The average Bonchev–Trinajstić information content (AvgIpc) is 3.35. The molecule has 7 heteroatoms. The maximum absolute atomic E-state index is 6.10. The zero-order valence-corrected chi connectivity index (χ0v) is 17.4. The second-order valence-electron chi connectivity index (χ2n) is 6.69. The van der Waals surface area contributed by atoms with Crippen LogP contribution in [0, 0.1) is 6.92 Å². The fourth-order valence-electron chi connectivity index (χ4n) is 3.33. The van der Waals surface area contributed by atoms with E-state index in [4.69, 9.17) is 21.6 Å². The first-order valence-corrected chi connectivity index (χ1v) is 10.5. The van der Waals surface area contributed by atoms with Crippen LogP contribution in [0.25, 0.3) is 10.7 Å². The van der Waals surface area contributed by atoms with Gasteiger partial charge in [0.05, 0.1) is 21.5 Å². The third kappa shape index (κ3) is 4.19. The molecule has 0 amide bonds. The van der Waals surface area contributed by atoms with Gasteiger partial charge in [-0.25, -0.2) is 9.97 Å². The number of halogens is 1. The summed E-state index contributed by atoms with van der Waals surface area (Å²) >= 11 is 7.61. The van der Waals surface area contributed by atoms with E-state index < -0.39 is 0 Å². The number of rotatable bonds is 6. The lowest BCUT2D eigenvalue weighted by atomic mass is 10.0. The van der Waals surface area contributed by atoms with Gasteiger partial charge in [0.2, 0.25) is 0 Å². The lowest BCUT2D eigenvalue weighted by Crippen LogP contribution is -2.36. The Morgan fingerprint density at radius 3 is 2.36 bits per heavy atom. The summed E-state index contributed by atoms with van der Waals surface area (Å²) in [6, 6.07) is 12.6. The van der Waals surface area contributed by atoms with Crippen molar-refractivity contribution in [1.82, 2.24) is 25.9 Å². The van der Waals surface area contributed by atoms with E-state index in [9.17, 15) is 0 Å². The van der Waals surface area contributed by atoms with Crippen LogP contribution >= 0.6 is 22.9 Å². The first-order valence-electron chi connectivity index (χ1n) is 9.27. The summed E-state index contributed by atoms with van der Waals surface area (Å²) in [4.78, 5) is 10.6. The number of nitrogens with one attached hydrogen (secondary N) is 2. The maximum Gasteiger partial charge on any atom is 0.169 e. The van der Waals surface area contributed by atoms with Crippen molar-refractivity contribution >= 4 is 22.9 Å². The molecule has 0 atom stereocenters. The number of nitrogens with zero attached hydrogens (tertiary/aromatic N) is 3. The third-order valence-electron chi connectivity index (χ3n) is 4.73. The number of aromatic nitrogens is 2. The van der Waals surface area contributed by atoms with Crippen molar-refractivity contribution in [3.05, 3.63) is 81.2 Å².